The minimum Gasteiger partial charge on any atom is -0.370 e. The number of piperidine rings is 1. The van der Waals surface area contributed by atoms with Crippen molar-refractivity contribution >= 4 is 33.6 Å². The van der Waals surface area contributed by atoms with E-state index in [2.05, 4.69) is 46.5 Å². The number of aromatic nitrogens is 4. The molecule has 0 atom stereocenters. The van der Waals surface area contributed by atoms with E-state index in [0.29, 0.717) is 13.1 Å². The monoisotopic (exact) mass is 444 g/mol. The summed E-state index contributed by atoms with van der Waals surface area (Å²) in [7, 11) is 1.96. The SMILES string of the molecule is Cc1cc2cnn(C)c2cc1-c1cccc2n[nH]c(C3CCN(C(=O)CCC(N)=O)CC3)c12. The highest BCUT2D eigenvalue weighted by Crippen LogP contribution is 2.39. The summed E-state index contributed by atoms with van der Waals surface area (Å²) in [6.45, 7) is 3.48. The molecule has 8 nitrogen and oxygen atoms in total. The van der Waals surface area contributed by atoms with Gasteiger partial charge in [0.15, 0.2) is 0 Å². The van der Waals surface area contributed by atoms with Crippen molar-refractivity contribution in [2.75, 3.05) is 13.1 Å². The molecule has 8 heteroatoms. The molecule has 0 saturated carbocycles. The fraction of sp³-hybridized carbons (Fsp3) is 0.360. The van der Waals surface area contributed by atoms with Crippen LogP contribution in [0.5, 0.6) is 0 Å². The van der Waals surface area contributed by atoms with Gasteiger partial charge in [0.1, 0.15) is 0 Å². The highest BCUT2D eigenvalue weighted by molar-refractivity contribution is 6.00. The number of hydrogen-bond acceptors (Lipinski definition) is 4. The van der Waals surface area contributed by atoms with Crippen LogP contribution in [0.4, 0.5) is 0 Å². The molecular formula is C25H28N6O2. The number of carbonyl (C=O) groups is 2. The van der Waals surface area contributed by atoms with Gasteiger partial charge in [0.2, 0.25) is 11.8 Å². The zero-order valence-corrected chi connectivity index (χ0v) is 19.0. The topological polar surface area (TPSA) is 110 Å². The van der Waals surface area contributed by atoms with Gasteiger partial charge in [0.25, 0.3) is 0 Å². The van der Waals surface area contributed by atoms with Gasteiger partial charge in [0, 0.05) is 55.4 Å². The quantitative estimate of drug-likeness (QED) is 0.492. The van der Waals surface area contributed by atoms with Crippen LogP contribution in [0.25, 0.3) is 32.9 Å². The number of amides is 2. The lowest BCUT2D eigenvalue weighted by molar-refractivity contribution is -0.134. The number of H-pyrrole nitrogens is 1. The molecule has 1 aliphatic rings. The van der Waals surface area contributed by atoms with Gasteiger partial charge in [-0.1, -0.05) is 12.1 Å². The van der Waals surface area contributed by atoms with Crippen LogP contribution < -0.4 is 5.73 Å². The first kappa shape index (κ1) is 21.2. The van der Waals surface area contributed by atoms with Gasteiger partial charge in [-0.3, -0.25) is 19.4 Å². The Morgan fingerprint density at radius 3 is 2.70 bits per heavy atom. The fourth-order valence-electron chi connectivity index (χ4n) is 5.02. The predicted octanol–water partition coefficient (Wildman–Crippen LogP) is 3.40. The third kappa shape index (κ3) is 3.86. The molecule has 0 spiro atoms. The smallest absolute Gasteiger partial charge is 0.223 e. The largest absolute Gasteiger partial charge is 0.370 e. The molecule has 1 saturated heterocycles. The van der Waals surface area contributed by atoms with Crippen molar-refractivity contribution in [3.63, 3.8) is 0 Å². The number of nitrogens with one attached hydrogen (secondary N) is 1. The minimum absolute atomic E-state index is 0.00233. The highest BCUT2D eigenvalue weighted by atomic mass is 16.2. The highest BCUT2D eigenvalue weighted by Gasteiger charge is 2.27. The zero-order valence-electron chi connectivity index (χ0n) is 19.0. The summed E-state index contributed by atoms with van der Waals surface area (Å²) in [5.74, 6) is -0.145. The third-order valence-electron chi connectivity index (χ3n) is 6.83. The number of carbonyl (C=O) groups excluding carboxylic acids is 2. The number of rotatable bonds is 5. The summed E-state index contributed by atoms with van der Waals surface area (Å²) in [5, 5.41) is 14.6. The normalized spacial score (nSPS) is 14.9. The van der Waals surface area contributed by atoms with Crippen molar-refractivity contribution in [3.8, 4) is 11.1 Å². The van der Waals surface area contributed by atoms with Crippen molar-refractivity contribution in [1.82, 2.24) is 24.9 Å². The lowest BCUT2D eigenvalue weighted by Crippen LogP contribution is -2.38. The maximum absolute atomic E-state index is 12.4. The summed E-state index contributed by atoms with van der Waals surface area (Å²) in [6.07, 6.45) is 3.90. The lowest BCUT2D eigenvalue weighted by Gasteiger charge is -2.32. The Labute approximate surface area is 191 Å². The van der Waals surface area contributed by atoms with Gasteiger partial charge in [-0.25, -0.2) is 0 Å². The Bertz CT molecular complexity index is 1360. The number of nitrogens with two attached hydrogens (primary N) is 1. The van der Waals surface area contributed by atoms with Crippen molar-refractivity contribution in [3.05, 3.63) is 47.8 Å². The molecule has 0 aliphatic carbocycles. The van der Waals surface area contributed by atoms with Crippen molar-refractivity contribution < 1.29 is 9.59 Å². The number of aromatic amines is 1. The van der Waals surface area contributed by atoms with E-state index in [4.69, 9.17) is 5.73 Å². The van der Waals surface area contributed by atoms with E-state index < -0.39 is 5.91 Å². The zero-order chi connectivity index (χ0) is 23.1. The molecule has 0 bridgehead atoms. The van der Waals surface area contributed by atoms with Gasteiger partial charge < -0.3 is 10.6 Å². The van der Waals surface area contributed by atoms with Crippen LogP contribution in [0.2, 0.25) is 0 Å². The summed E-state index contributed by atoms with van der Waals surface area (Å²) in [4.78, 5) is 25.2. The maximum Gasteiger partial charge on any atom is 0.223 e. The van der Waals surface area contributed by atoms with Crippen molar-refractivity contribution in [2.45, 2.75) is 38.5 Å². The second-order valence-electron chi connectivity index (χ2n) is 8.95. The Morgan fingerprint density at radius 1 is 1.15 bits per heavy atom. The maximum atomic E-state index is 12.4. The van der Waals surface area contributed by atoms with Crippen molar-refractivity contribution in [1.29, 1.82) is 0 Å². The summed E-state index contributed by atoms with van der Waals surface area (Å²) < 4.78 is 1.90. The number of benzene rings is 2. The van der Waals surface area contributed by atoms with Crippen LogP contribution in [0.1, 0.15) is 42.9 Å². The predicted molar refractivity (Wildman–Crippen MR) is 128 cm³/mol. The Morgan fingerprint density at radius 2 is 1.94 bits per heavy atom. The Hall–Kier alpha value is -3.68. The molecule has 1 fully saturated rings. The number of aryl methyl sites for hydroxylation is 2. The minimum atomic E-state index is -0.436. The number of nitrogens with zero attached hydrogens (tertiary/aromatic N) is 4. The van der Waals surface area contributed by atoms with Crippen LogP contribution >= 0.6 is 0 Å². The first-order valence-corrected chi connectivity index (χ1v) is 11.4. The van der Waals surface area contributed by atoms with E-state index in [1.807, 2.05) is 28.9 Å². The molecule has 0 radical (unpaired) electrons. The molecule has 2 amide bonds. The van der Waals surface area contributed by atoms with Gasteiger partial charge in [-0.15, -0.1) is 0 Å². The average Bonchev–Trinajstić information content (AvgIpc) is 3.40. The number of primary amides is 1. The molecular weight excluding hydrogens is 416 g/mol. The van der Waals surface area contributed by atoms with Crippen LogP contribution in [-0.2, 0) is 16.6 Å². The van der Waals surface area contributed by atoms with Crippen LogP contribution in [0.3, 0.4) is 0 Å². The summed E-state index contributed by atoms with van der Waals surface area (Å²) in [5.41, 5.74) is 11.9. The van der Waals surface area contributed by atoms with E-state index >= 15 is 0 Å². The van der Waals surface area contributed by atoms with E-state index in [1.54, 1.807) is 0 Å². The van der Waals surface area contributed by atoms with Gasteiger partial charge >= 0.3 is 0 Å². The Kier molecular flexibility index (Phi) is 5.36. The molecule has 1 aliphatic heterocycles. The van der Waals surface area contributed by atoms with E-state index in [1.165, 1.54) is 11.1 Å². The lowest BCUT2D eigenvalue weighted by atomic mass is 9.88. The van der Waals surface area contributed by atoms with E-state index in [-0.39, 0.29) is 24.7 Å². The molecule has 3 N–H and O–H groups in total. The molecule has 2 aromatic carbocycles. The van der Waals surface area contributed by atoms with E-state index in [9.17, 15) is 9.59 Å². The summed E-state index contributed by atoms with van der Waals surface area (Å²) in [6, 6.07) is 10.7. The summed E-state index contributed by atoms with van der Waals surface area (Å²) >= 11 is 0. The van der Waals surface area contributed by atoms with Crippen LogP contribution in [-0.4, -0.2) is 49.8 Å². The molecule has 2 aromatic heterocycles. The number of fused-ring (bicyclic) bond motifs is 2. The average molecular weight is 445 g/mol. The molecule has 3 heterocycles. The van der Waals surface area contributed by atoms with Crippen molar-refractivity contribution in [2.24, 2.45) is 12.8 Å². The standard InChI is InChI=1S/C25H28N6O2/c1-15-12-17-14-27-30(2)21(17)13-19(15)18-4-3-5-20-24(18)25(29-28-20)16-8-10-31(11-9-16)23(33)7-6-22(26)32/h3-5,12-14,16H,6-11H2,1-2H3,(H2,26,32)(H,28,29). The first-order valence-electron chi connectivity index (χ1n) is 11.4. The van der Waals surface area contributed by atoms with Gasteiger partial charge in [-0.2, -0.15) is 10.2 Å². The molecule has 4 aromatic rings. The van der Waals surface area contributed by atoms with Gasteiger partial charge in [-0.05, 0) is 54.7 Å². The number of likely N-dealkylation sites (tertiary alicyclic amines) is 1. The molecule has 0 unspecified atom stereocenters. The fourth-order valence-corrected chi connectivity index (χ4v) is 5.02. The van der Waals surface area contributed by atoms with Crippen LogP contribution in [0.15, 0.2) is 36.5 Å². The molecule has 33 heavy (non-hydrogen) atoms. The molecule has 5 rings (SSSR count). The molecule has 170 valence electrons. The first-order chi connectivity index (χ1) is 15.9. The second-order valence-corrected chi connectivity index (χ2v) is 8.95. The Balaban J connectivity index is 1.46. The van der Waals surface area contributed by atoms with Crippen LogP contribution in [0, 0.1) is 6.92 Å². The number of hydrogen-bond donors (Lipinski definition) is 2. The van der Waals surface area contributed by atoms with Gasteiger partial charge in [0.05, 0.1) is 17.2 Å². The second kappa shape index (κ2) is 8.35. The third-order valence-corrected chi connectivity index (χ3v) is 6.83. The van der Waals surface area contributed by atoms with E-state index in [0.717, 1.165) is 45.9 Å².